The fourth-order valence-corrected chi connectivity index (χ4v) is 1.04. The Morgan fingerprint density at radius 1 is 1.45 bits per heavy atom. The summed E-state index contributed by atoms with van der Waals surface area (Å²) in [6, 6.07) is 11.3. The zero-order valence-electron chi connectivity index (χ0n) is 7.30. The van der Waals surface area contributed by atoms with Crippen LogP contribution in [-0.4, -0.2) is 0 Å². The minimum atomic E-state index is 0.801. The zero-order valence-corrected chi connectivity index (χ0v) is 7.30. The standard InChI is InChI=1S/C11H15/c1-10(2)8-9-11-6-4-3-5-7-11/h3-4,6-7,10H,8-9H2,1-2H3. The monoisotopic (exact) mass is 147 g/mol. The third kappa shape index (κ3) is 3.22. The molecule has 0 heteroatoms. The Morgan fingerprint density at radius 2 is 2.27 bits per heavy atom. The summed E-state index contributed by atoms with van der Waals surface area (Å²) >= 11 is 0. The second-order valence-electron chi connectivity index (χ2n) is 3.34. The highest BCUT2D eigenvalue weighted by Crippen LogP contribution is 2.07. The Morgan fingerprint density at radius 3 is 2.82 bits per heavy atom. The molecule has 1 rings (SSSR count). The van der Waals surface area contributed by atoms with Gasteiger partial charge in [0.05, 0.1) is 0 Å². The van der Waals surface area contributed by atoms with E-state index in [0.29, 0.717) is 0 Å². The van der Waals surface area contributed by atoms with Gasteiger partial charge in [-0.15, -0.1) is 0 Å². The third-order valence-corrected chi connectivity index (χ3v) is 1.78. The summed E-state index contributed by atoms with van der Waals surface area (Å²) in [4.78, 5) is 0. The molecule has 59 valence electrons. The van der Waals surface area contributed by atoms with E-state index in [1.165, 1.54) is 18.4 Å². The van der Waals surface area contributed by atoms with Crippen LogP contribution in [0.1, 0.15) is 25.8 Å². The lowest BCUT2D eigenvalue weighted by Gasteiger charge is -2.03. The Hall–Kier alpha value is -0.780. The number of hydrogen-bond acceptors (Lipinski definition) is 0. The van der Waals surface area contributed by atoms with E-state index >= 15 is 0 Å². The van der Waals surface area contributed by atoms with Gasteiger partial charge < -0.3 is 0 Å². The van der Waals surface area contributed by atoms with Crippen LogP contribution in [0, 0.1) is 12.0 Å². The average molecular weight is 147 g/mol. The number of rotatable bonds is 3. The molecule has 1 aromatic carbocycles. The lowest BCUT2D eigenvalue weighted by atomic mass is 10.0. The molecule has 0 aliphatic heterocycles. The van der Waals surface area contributed by atoms with E-state index in [2.05, 4.69) is 38.1 Å². The lowest BCUT2D eigenvalue weighted by molar-refractivity contribution is 0.587. The molecule has 0 aliphatic rings. The SMILES string of the molecule is CC(C)CCc1c[c]ccc1. The van der Waals surface area contributed by atoms with E-state index in [4.69, 9.17) is 0 Å². The maximum atomic E-state index is 3.08. The molecule has 0 saturated heterocycles. The summed E-state index contributed by atoms with van der Waals surface area (Å²) in [6.45, 7) is 4.51. The second kappa shape index (κ2) is 4.17. The maximum Gasteiger partial charge on any atom is -0.0181 e. The van der Waals surface area contributed by atoms with Crippen molar-refractivity contribution in [3.8, 4) is 0 Å². The van der Waals surface area contributed by atoms with Crippen molar-refractivity contribution in [2.24, 2.45) is 5.92 Å². The predicted molar refractivity (Wildman–Crippen MR) is 48.4 cm³/mol. The molecular weight excluding hydrogens is 132 g/mol. The molecule has 0 aliphatic carbocycles. The van der Waals surface area contributed by atoms with Gasteiger partial charge in [-0.25, -0.2) is 0 Å². The number of hydrogen-bond donors (Lipinski definition) is 0. The molecule has 0 amide bonds. The minimum absolute atomic E-state index is 0.801. The van der Waals surface area contributed by atoms with Gasteiger partial charge in [-0.2, -0.15) is 0 Å². The molecule has 0 unspecified atom stereocenters. The van der Waals surface area contributed by atoms with Crippen molar-refractivity contribution in [1.29, 1.82) is 0 Å². The first-order valence-corrected chi connectivity index (χ1v) is 4.24. The van der Waals surface area contributed by atoms with E-state index in [1.54, 1.807) is 0 Å². The van der Waals surface area contributed by atoms with Crippen LogP contribution in [-0.2, 0) is 6.42 Å². The molecule has 0 nitrogen and oxygen atoms in total. The molecule has 0 atom stereocenters. The predicted octanol–water partition coefficient (Wildman–Crippen LogP) is 3.08. The van der Waals surface area contributed by atoms with Crippen molar-refractivity contribution >= 4 is 0 Å². The van der Waals surface area contributed by atoms with Gasteiger partial charge >= 0.3 is 0 Å². The van der Waals surface area contributed by atoms with E-state index < -0.39 is 0 Å². The molecule has 0 aromatic heterocycles. The van der Waals surface area contributed by atoms with Crippen LogP contribution in [0.4, 0.5) is 0 Å². The smallest absolute Gasteiger partial charge is 0.0181 e. The van der Waals surface area contributed by atoms with Gasteiger partial charge in [-0.05, 0) is 30.4 Å². The van der Waals surface area contributed by atoms with Crippen LogP contribution in [0.15, 0.2) is 24.3 Å². The Labute approximate surface area is 69.3 Å². The fraction of sp³-hybridized carbons (Fsp3) is 0.455. The van der Waals surface area contributed by atoms with Crippen molar-refractivity contribution in [1.82, 2.24) is 0 Å². The van der Waals surface area contributed by atoms with Gasteiger partial charge in [0.15, 0.2) is 0 Å². The molecular formula is C11H15. The summed E-state index contributed by atoms with van der Waals surface area (Å²) in [5, 5.41) is 0. The molecule has 0 saturated carbocycles. The molecule has 11 heavy (non-hydrogen) atoms. The van der Waals surface area contributed by atoms with Crippen molar-refractivity contribution in [3.05, 3.63) is 35.9 Å². The fourth-order valence-electron chi connectivity index (χ4n) is 1.04. The van der Waals surface area contributed by atoms with E-state index in [9.17, 15) is 0 Å². The highest BCUT2D eigenvalue weighted by Gasteiger charge is 1.94. The van der Waals surface area contributed by atoms with Crippen LogP contribution in [0.2, 0.25) is 0 Å². The summed E-state index contributed by atoms with van der Waals surface area (Å²) in [5.41, 5.74) is 1.40. The lowest BCUT2D eigenvalue weighted by Crippen LogP contribution is -1.91. The number of aryl methyl sites for hydroxylation is 1. The summed E-state index contributed by atoms with van der Waals surface area (Å²) in [7, 11) is 0. The summed E-state index contributed by atoms with van der Waals surface area (Å²) in [6.07, 6.45) is 2.47. The molecule has 0 fully saturated rings. The van der Waals surface area contributed by atoms with Crippen LogP contribution in [0.5, 0.6) is 0 Å². The Balaban J connectivity index is 2.39. The van der Waals surface area contributed by atoms with E-state index in [1.807, 2.05) is 6.07 Å². The second-order valence-corrected chi connectivity index (χ2v) is 3.34. The molecule has 1 aromatic rings. The van der Waals surface area contributed by atoms with Crippen LogP contribution in [0.25, 0.3) is 0 Å². The van der Waals surface area contributed by atoms with Gasteiger partial charge in [-0.1, -0.05) is 38.1 Å². The van der Waals surface area contributed by atoms with E-state index in [0.717, 1.165) is 5.92 Å². The molecule has 0 bridgehead atoms. The van der Waals surface area contributed by atoms with Gasteiger partial charge in [0.1, 0.15) is 0 Å². The van der Waals surface area contributed by atoms with Gasteiger partial charge in [0, 0.05) is 0 Å². The zero-order chi connectivity index (χ0) is 8.10. The topological polar surface area (TPSA) is 0 Å². The van der Waals surface area contributed by atoms with Gasteiger partial charge in [0.25, 0.3) is 0 Å². The molecule has 0 heterocycles. The van der Waals surface area contributed by atoms with Crippen molar-refractivity contribution in [2.45, 2.75) is 26.7 Å². The highest BCUT2D eigenvalue weighted by molar-refractivity contribution is 5.13. The van der Waals surface area contributed by atoms with Crippen LogP contribution < -0.4 is 0 Å². The first-order chi connectivity index (χ1) is 5.29. The summed E-state index contributed by atoms with van der Waals surface area (Å²) in [5.74, 6) is 0.801. The van der Waals surface area contributed by atoms with Crippen LogP contribution in [0.3, 0.4) is 0 Å². The first-order valence-electron chi connectivity index (χ1n) is 4.24. The van der Waals surface area contributed by atoms with Crippen molar-refractivity contribution in [2.75, 3.05) is 0 Å². The van der Waals surface area contributed by atoms with Crippen LogP contribution >= 0.6 is 0 Å². The van der Waals surface area contributed by atoms with Gasteiger partial charge in [0.2, 0.25) is 0 Å². The highest BCUT2D eigenvalue weighted by atomic mass is 14.0. The first kappa shape index (κ1) is 8.32. The van der Waals surface area contributed by atoms with Crippen molar-refractivity contribution < 1.29 is 0 Å². The number of benzene rings is 1. The maximum absolute atomic E-state index is 3.08. The third-order valence-electron chi connectivity index (χ3n) is 1.78. The molecule has 0 spiro atoms. The van der Waals surface area contributed by atoms with Gasteiger partial charge in [-0.3, -0.25) is 0 Å². The normalized spacial score (nSPS) is 10.5. The van der Waals surface area contributed by atoms with E-state index in [-0.39, 0.29) is 0 Å². The minimum Gasteiger partial charge on any atom is -0.0628 e. The quantitative estimate of drug-likeness (QED) is 0.616. The average Bonchev–Trinajstić information content (AvgIpc) is 2.03. The Kier molecular flexibility index (Phi) is 3.15. The molecule has 0 N–H and O–H groups in total. The largest absolute Gasteiger partial charge is 0.0628 e. The molecule has 1 radical (unpaired) electrons. The summed E-state index contributed by atoms with van der Waals surface area (Å²) < 4.78 is 0. The van der Waals surface area contributed by atoms with Crippen molar-refractivity contribution in [3.63, 3.8) is 0 Å². The Bertz CT molecular complexity index is 186.